The second-order valence-electron chi connectivity index (χ2n) is 3.29. The molecule has 1 N–H and O–H groups in total. The summed E-state index contributed by atoms with van der Waals surface area (Å²) in [5.74, 6) is 0.411. The van der Waals surface area contributed by atoms with Gasteiger partial charge in [-0.2, -0.15) is 0 Å². The van der Waals surface area contributed by atoms with Gasteiger partial charge in [0, 0.05) is 11.8 Å². The first-order valence-electron chi connectivity index (χ1n) is 4.75. The molecule has 82 valence electrons. The second-order valence-corrected chi connectivity index (χ2v) is 3.29. The maximum absolute atomic E-state index is 12.8. The molecule has 2 rings (SSSR count). The Kier molecular flexibility index (Phi) is 3.00. The fraction of sp³-hybridized carbons (Fsp3) is 0.0833. The van der Waals surface area contributed by atoms with E-state index in [1.807, 2.05) is 0 Å². The fourth-order valence-corrected chi connectivity index (χ4v) is 1.24. The molecule has 0 atom stereocenters. The van der Waals surface area contributed by atoms with Crippen molar-refractivity contribution in [1.82, 2.24) is 4.98 Å². The van der Waals surface area contributed by atoms with Crippen molar-refractivity contribution in [2.24, 2.45) is 0 Å². The molecule has 0 amide bonds. The van der Waals surface area contributed by atoms with Gasteiger partial charge in [0.2, 0.25) is 0 Å². The summed E-state index contributed by atoms with van der Waals surface area (Å²) < 4.78 is 18.2. The highest BCUT2D eigenvalue weighted by Gasteiger charge is 1.98. The van der Waals surface area contributed by atoms with Gasteiger partial charge in [-0.05, 0) is 30.3 Å². The molecular weight excluding hydrogens is 209 g/mol. The van der Waals surface area contributed by atoms with Crippen molar-refractivity contribution >= 4 is 0 Å². The van der Waals surface area contributed by atoms with Gasteiger partial charge in [0.25, 0.3) is 0 Å². The van der Waals surface area contributed by atoms with Crippen molar-refractivity contribution in [3.8, 4) is 11.5 Å². The number of nitrogens with zero attached hydrogens (tertiary/aromatic N) is 1. The number of pyridine rings is 1. The number of hydrogen-bond acceptors (Lipinski definition) is 3. The van der Waals surface area contributed by atoms with Crippen molar-refractivity contribution in [1.29, 1.82) is 0 Å². The molecule has 0 unspecified atom stereocenters. The summed E-state index contributed by atoms with van der Waals surface area (Å²) in [4.78, 5) is 3.72. The Hall–Kier alpha value is -2.10. The molecule has 0 aliphatic rings. The minimum Gasteiger partial charge on any atom is -0.508 e. The average Bonchev–Trinajstić information content (AvgIpc) is 2.28. The number of ether oxygens (including phenoxy) is 1. The molecule has 0 bridgehead atoms. The maximum atomic E-state index is 12.8. The monoisotopic (exact) mass is 219 g/mol. The summed E-state index contributed by atoms with van der Waals surface area (Å²) in [7, 11) is 0. The number of aromatic hydroxyl groups is 1. The molecule has 1 aromatic heterocycles. The topological polar surface area (TPSA) is 42.4 Å². The normalized spacial score (nSPS) is 10.1. The zero-order valence-electron chi connectivity index (χ0n) is 8.43. The molecule has 1 heterocycles. The molecule has 0 radical (unpaired) electrons. The van der Waals surface area contributed by atoms with Crippen molar-refractivity contribution in [2.45, 2.75) is 6.61 Å². The quantitative estimate of drug-likeness (QED) is 0.862. The summed E-state index contributed by atoms with van der Waals surface area (Å²) in [6.07, 6.45) is 2.69. The van der Waals surface area contributed by atoms with E-state index in [4.69, 9.17) is 9.84 Å². The number of phenolic OH excluding ortho intramolecular Hbond substituents is 1. The maximum Gasteiger partial charge on any atom is 0.141 e. The Bertz CT molecular complexity index is 471. The summed E-state index contributed by atoms with van der Waals surface area (Å²) in [5.41, 5.74) is 0.660. The van der Waals surface area contributed by atoms with Crippen molar-refractivity contribution in [2.75, 3.05) is 0 Å². The van der Waals surface area contributed by atoms with E-state index in [-0.39, 0.29) is 18.2 Å². The van der Waals surface area contributed by atoms with Crippen LogP contribution < -0.4 is 4.74 Å². The van der Waals surface area contributed by atoms with E-state index in [0.717, 1.165) is 6.20 Å². The Balaban J connectivity index is 1.99. The van der Waals surface area contributed by atoms with E-state index >= 15 is 0 Å². The third-order valence-electron chi connectivity index (χ3n) is 2.00. The lowest BCUT2D eigenvalue weighted by molar-refractivity contribution is 0.304. The highest BCUT2D eigenvalue weighted by Crippen LogP contribution is 2.17. The third-order valence-corrected chi connectivity index (χ3v) is 2.00. The molecular formula is C12H10FNO2. The largest absolute Gasteiger partial charge is 0.508 e. The van der Waals surface area contributed by atoms with Crippen LogP contribution in [0.1, 0.15) is 5.56 Å². The zero-order valence-corrected chi connectivity index (χ0v) is 8.43. The van der Waals surface area contributed by atoms with Crippen LogP contribution in [0.4, 0.5) is 4.39 Å². The van der Waals surface area contributed by atoms with Crippen molar-refractivity contribution < 1.29 is 14.2 Å². The van der Waals surface area contributed by atoms with Crippen molar-refractivity contribution in [3.05, 3.63) is 54.1 Å². The van der Waals surface area contributed by atoms with Crippen LogP contribution >= 0.6 is 0 Å². The van der Waals surface area contributed by atoms with E-state index in [1.54, 1.807) is 18.3 Å². The van der Waals surface area contributed by atoms with Crippen LogP contribution in [0.15, 0.2) is 42.7 Å². The molecule has 0 aliphatic heterocycles. The van der Waals surface area contributed by atoms with Gasteiger partial charge in [0.05, 0.1) is 6.20 Å². The zero-order chi connectivity index (χ0) is 11.4. The Labute approximate surface area is 92.1 Å². The van der Waals surface area contributed by atoms with Crippen molar-refractivity contribution in [3.63, 3.8) is 0 Å². The predicted molar refractivity (Wildman–Crippen MR) is 56.6 cm³/mol. The van der Waals surface area contributed by atoms with E-state index in [0.29, 0.717) is 11.3 Å². The Morgan fingerprint density at radius 1 is 1.19 bits per heavy atom. The Morgan fingerprint density at radius 3 is 2.62 bits per heavy atom. The SMILES string of the molecule is Oc1ccc(OCc2cncc(F)c2)cc1. The van der Waals surface area contributed by atoms with Gasteiger partial charge in [-0.15, -0.1) is 0 Å². The molecule has 3 nitrogen and oxygen atoms in total. The van der Waals surface area contributed by atoms with Crippen LogP contribution in [0.25, 0.3) is 0 Å². The standard InChI is InChI=1S/C12H10FNO2/c13-10-5-9(6-14-7-10)8-16-12-3-1-11(15)2-4-12/h1-7,15H,8H2. The molecule has 2 aromatic rings. The van der Waals surface area contributed by atoms with Crippen LogP contribution in [-0.2, 0) is 6.61 Å². The first-order chi connectivity index (χ1) is 7.74. The number of benzene rings is 1. The highest BCUT2D eigenvalue weighted by molar-refractivity contribution is 5.30. The Morgan fingerprint density at radius 2 is 1.94 bits per heavy atom. The van der Waals surface area contributed by atoms with E-state index < -0.39 is 0 Å². The van der Waals surface area contributed by atoms with Crippen LogP contribution in [0.3, 0.4) is 0 Å². The first kappa shape index (κ1) is 10.4. The van der Waals surface area contributed by atoms with Gasteiger partial charge in [0.15, 0.2) is 0 Å². The smallest absolute Gasteiger partial charge is 0.141 e. The fourth-order valence-electron chi connectivity index (χ4n) is 1.24. The first-order valence-corrected chi connectivity index (χ1v) is 4.75. The molecule has 0 fully saturated rings. The molecule has 4 heteroatoms. The predicted octanol–water partition coefficient (Wildman–Crippen LogP) is 2.51. The minimum atomic E-state index is -0.383. The molecule has 0 aliphatic carbocycles. The van der Waals surface area contributed by atoms with Crippen LogP contribution in [0.2, 0.25) is 0 Å². The van der Waals surface area contributed by atoms with Gasteiger partial charge in [-0.1, -0.05) is 0 Å². The molecule has 1 aromatic carbocycles. The molecule has 0 saturated carbocycles. The number of rotatable bonds is 3. The lowest BCUT2D eigenvalue weighted by Crippen LogP contribution is -1.96. The average molecular weight is 219 g/mol. The van der Waals surface area contributed by atoms with Crippen LogP contribution in [0, 0.1) is 5.82 Å². The van der Waals surface area contributed by atoms with Crippen LogP contribution in [-0.4, -0.2) is 10.1 Å². The van der Waals surface area contributed by atoms with Gasteiger partial charge >= 0.3 is 0 Å². The van der Waals surface area contributed by atoms with E-state index in [2.05, 4.69) is 4.98 Å². The molecule has 0 spiro atoms. The second kappa shape index (κ2) is 4.61. The van der Waals surface area contributed by atoms with E-state index in [9.17, 15) is 4.39 Å². The van der Waals surface area contributed by atoms with Gasteiger partial charge in [-0.25, -0.2) is 4.39 Å². The third kappa shape index (κ3) is 2.70. The summed E-state index contributed by atoms with van der Waals surface area (Å²) in [6.45, 7) is 0.246. The molecule has 0 saturated heterocycles. The lowest BCUT2D eigenvalue weighted by Gasteiger charge is -2.05. The van der Waals surface area contributed by atoms with Gasteiger partial charge < -0.3 is 9.84 Å². The van der Waals surface area contributed by atoms with Crippen LogP contribution in [0.5, 0.6) is 11.5 Å². The lowest BCUT2D eigenvalue weighted by atomic mass is 10.3. The minimum absolute atomic E-state index is 0.180. The number of aromatic nitrogens is 1. The van der Waals surface area contributed by atoms with E-state index in [1.165, 1.54) is 18.2 Å². The van der Waals surface area contributed by atoms with Gasteiger partial charge in [-0.3, -0.25) is 4.98 Å². The molecule has 16 heavy (non-hydrogen) atoms. The highest BCUT2D eigenvalue weighted by atomic mass is 19.1. The number of hydrogen-bond donors (Lipinski definition) is 1. The summed E-state index contributed by atoms with van der Waals surface area (Å²) in [5, 5.41) is 9.06. The van der Waals surface area contributed by atoms with Gasteiger partial charge in [0.1, 0.15) is 23.9 Å². The number of halogens is 1. The summed E-state index contributed by atoms with van der Waals surface area (Å²) in [6, 6.07) is 7.70. The summed E-state index contributed by atoms with van der Waals surface area (Å²) >= 11 is 0. The number of phenols is 1.